The van der Waals surface area contributed by atoms with Crippen molar-refractivity contribution in [1.82, 2.24) is 15.1 Å². The normalized spacial score (nSPS) is 10.3. The van der Waals surface area contributed by atoms with E-state index in [0.29, 0.717) is 18.2 Å². The molecular weight excluding hydrogens is 240 g/mol. The molecular formula is C10H20N4O2S. The lowest BCUT2D eigenvalue weighted by Gasteiger charge is -2.12. The number of hydrogen-bond acceptors (Lipinski definition) is 2. The molecule has 0 aromatic carbocycles. The van der Waals surface area contributed by atoms with Crippen LogP contribution in [0.5, 0.6) is 0 Å². The van der Waals surface area contributed by atoms with Gasteiger partial charge < -0.3 is 20.2 Å². The van der Waals surface area contributed by atoms with Crippen molar-refractivity contribution in [2.45, 2.75) is 12.8 Å². The van der Waals surface area contributed by atoms with Crippen LogP contribution in [-0.2, 0) is 0 Å². The van der Waals surface area contributed by atoms with Crippen molar-refractivity contribution in [2.75, 3.05) is 34.2 Å². The van der Waals surface area contributed by atoms with Gasteiger partial charge in [0.05, 0.1) is 6.34 Å². The van der Waals surface area contributed by atoms with Gasteiger partial charge in [-0.1, -0.05) is 0 Å². The Bertz CT molecular complexity index is 281. The fraction of sp³-hybridized carbons (Fsp3) is 0.700. The maximum absolute atomic E-state index is 10.5. The van der Waals surface area contributed by atoms with Crippen LogP contribution in [0.2, 0.25) is 0 Å². The number of carbonyl (C=O) groups is 1. The van der Waals surface area contributed by atoms with Crippen molar-refractivity contribution < 1.29 is 9.90 Å². The van der Waals surface area contributed by atoms with E-state index in [1.54, 1.807) is 18.3 Å². The van der Waals surface area contributed by atoms with Gasteiger partial charge in [0, 0.05) is 34.2 Å². The monoisotopic (exact) mass is 260 g/mol. The van der Waals surface area contributed by atoms with Gasteiger partial charge >= 0.3 is 6.09 Å². The highest BCUT2D eigenvalue weighted by molar-refractivity contribution is 7.80. The third kappa shape index (κ3) is 9.55. The number of rotatable bonds is 6. The number of hydrogen-bond donors (Lipinski definition) is 2. The van der Waals surface area contributed by atoms with Crippen LogP contribution in [0.25, 0.3) is 0 Å². The van der Waals surface area contributed by atoms with Gasteiger partial charge in [-0.2, -0.15) is 0 Å². The molecule has 0 aliphatic heterocycles. The molecule has 0 aliphatic rings. The lowest BCUT2D eigenvalue weighted by molar-refractivity contribution is 0.155. The summed E-state index contributed by atoms with van der Waals surface area (Å²) < 4.78 is 0. The maximum Gasteiger partial charge on any atom is 0.407 e. The highest BCUT2D eigenvalue weighted by Crippen LogP contribution is 1.92. The zero-order valence-corrected chi connectivity index (χ0v) is 11.3. The van der Waals surface area contributed by atoms with Crippen LogP contribution in [0.15, 0.2) is 4.99 Å². The Morgan fingerprint density at radius 3 is 2.59 bits per heavy atom. The van der Waals surface area contributed by atoms with E-state index in [1.807, 2.05) is 14.1 Å². The zero-order valence-electron chi connectivity index (χ0n) is 10.5. The number of nitrogens with zero attached hydrogens (tertiary/aromatic N) is 3. The molecule has 0 fully saturated rings. The van der Waals surface area contributed by atoms with Gasteiger partial charge in [-0.25, -0.2) is 9.79 Å². The fourth-order valence-corrected chi connectivity index (χ4v) is 1.13. The molecule has 0 atom stereocenters. The smallest absolute Gasteiger partial charge is 0.407 e. The molecule has 0 radical (unpaired) electrons. The van der Waals surface area contributed by atoms with Gasteiger partial charge in [-0.15, -0.1) is 0 Å². The number of carboxylic acid groups (broad SMARTS) is 1. The molecule has 6 nitrogen and oxygen atoms in total. The minimum absolute atomic E-state index is 0.449. The summed E-state index contributed by atoms with van der Waals surface area (Å²) in [6, 6.07) is 0. The van der Waals surface area contributed by atoms with E-state index in [0.717, 1.165) is 12.8 Å². The van der Waals surface area contributed by atoms with Crippen molar-refractivity contribution in [1.29, 1.82) is 0 Å². The summed E-state index contributed by atoms with van der Waals surface area (Å²) in [4.78, 5) is 17.6. The summed E-state index contributed by atoms with van der Waals surface area (Å²) in [7, 11) is 5.30. The first-order chi connectivity index (χ1) is 7.93. The molecule has 0 aromatic rings. The van der Waals surface area contributed by atoms with E-state index in [4.69, 9.17) is 17.3 Å². The first-order valence-corrected chi connectivity index (χ1v) is 5.77. The Kier molecular flexibility index (Phi) is 8.04. The molecule has 0 heterocycles. The van der Waals surface area contributed by atoms with E-state index < -0.39 is 6.09 Å². The molecule has 7 heteroatoms. The summed E-state index contributed by atoms with van der Waals surface area (Å²) in [5.41, 5.74) is 0. The van der Waals surface area contributed by atoms with E-state index in [9.17, 15) is 4.79 Å². The van der Waals surface area contributed by atoms with Gasteiger partial charge in [0.1, 0.15) is 0 Å². The van der Waals surface area contributed by atoms with E-state index in [1.165, 1.54) is 4.90 Å². The predicted octanol–water partition coefficient (Wildman–Crippen LogP) is 0.841. The van der Waals surface area contributed by atoms with Crippen molar-refractivity contribution in [3.05, 3.63) is 0 Å². The summed E-state index contributed by atoms with van der Waals surface area (Å²) in [5.74, 6) is 0. The standard InChI is InChI=1S/C10H20N4O2S/c1-13(2)8-12-9(17)11-6-4-5-7-14(3)10(15)16/h8H,4-7H2,1-3H3,(H,11,17)(H,15,16)/b12-8+. The molecule has 0 rings (SSSR count). The average molecular weight is 260 g/mol. The molecule has 98 valence electrons. The second-order valence-corrected chi connectivity index (χ2v) is 4.24. The van der Waals surface area contributed by atoms with Crippen molar-refractivity contribution >= 4 is 29.8 Å². The molecule has 0 bridgehead atoms. The number of unbranched alkanes of at least 4 members (excludes halogenated alkanes) is 1. The Morgan fingerprint density at radius 2 is 2.06 bits per heavy atom. The topological polar surface area (TPSA) is 68.2 Å². The first kappa shape index (κ1) is 15.6. The summed E-state index contributed by atoms with van der Waals surface area (Å²) in [5, 5.41) is 12.0. The Morgan fingerprint density at radius 1 is 1.41 bits per heavy atom. The molecule has 0 saturated carbocycles. The van der Waals surface area contributed by atoms with Crippen molar-refractivity contribution in [2.24, 2.45) is 4.99 Å². The third-order valence-electron chi connectivity index (χ3n) is 1.93. The highest BCUT2D eigenvalue weighted by atomic mass is 32.1. The molecule has 1 amide bonds. The average Bonchev–Trinajstić information content (AvgIpc) is 2.25. The SMILES string of the molecule is CN(C)/C=N/C(=S)NCCCCN(C)C(=O)O. The van der Waals surface area contributed by atoms with Gasteiger partial charge in [-0.05, 0) is 25.1 Å². The van der Waals surface area contributed by atoms with Crippen LogP contribution in [-0.4, -0.2) is 66.7 Å². The lowest BCUT2D eigenvalue weighted by atomic mass is 10.3. The molecule has 17 heavy (non-hydrogen) atoms. The summed E-state index contributed by atoms with van der Waals surface area (Å²) in [6.07, 6.45) is 2.39. The molecule has 0 aromatic heterocycles. The van der Waals surface area contributed by atoms with E-state index in [2.05, 4.69) is 10.3 Å². The van der Waals surface area contributed by atoms with Crippen LogP contribution in [0.4, 0.5) is 4.79 Å². The molecule has 0 saturated heterocycles. The number of amides is 1. The van der Waals surface area contributed by atoms with Crippen LogP contribution in [0.1, 0.15) is 12.8 Å². The minimum atomic E-state index is -0.899. The second kappa shape index (κ2) is 8.74. The summed E-state index contributed by atoms with van der Waals surface area (Å²) >= 11 is 4.97. The number of aliphatic imine (C=N–C) groups is 1. The lowest BCUT2D eigenvalue weighted by Crippen LogP contribution is -2.27. The van der Waals surface area contributed by atoms with E-state index in [-0.39, 0.29) is 0 Å². The third-order valence-corrected chi connectivity index (χ3v) is 2.18. The molecule has 0 unspecified atom stereocenters. The Hall–Kier alpha value is -1.37. The van der Waals surface area contributed by atoms with Crippen LogP contribution in [0, 0.1) is 0 Å². The molecule has 0 spiro atoms. The van der Waals surface area contributed by atoms with Crippen LogP contribution >= 0.6 is 12.2 Å². The largest absolute Gasteiger partial charge is 0.465 e. The number of thiocarbonyl (C=S) groups is 1. The zero-order chi connectivity index (χ0) is 13.3. The number of nitrogens with one attached hydrogen (secondary N) is 1. The molecule has 2 N–H and O–H groups in total. The van der Waals surface area contributed by atoms with Crippen LogP contribution in [0.3, 0.4) is 0 Å². The minimum Gasteiger partial charge on any atom is -0.465 e. The predicted molar refractivity (Wildman–Crippen MR) is 72.7 cm³/mol. The van der Waals surface area contributed by atoms with Crippen LogP contribution < -0.4 is 5.32 Å². The highest BCUT2D eigenvalue weighted by Gasteiger charge is 2.03. The fourth-order valence-electron chi connectivity index (χ4n) is 0.978. The first-order valence-electron chi connectivity index (χ1n) is 5.36. The van der Waals surface area contributed by atoms with Gasteiger partial charge in [-0.3, -0.25) is 0 Å². The maximum atomic E-state index is 10.5. The van der Waals surface area contributed by atoms with Gasteiger partial charge in [0.15, 0.2) is 5.11 Å². The molecule has 0 aliphatic carbocycles. The van der Waals surface area contributed by atoms with Gasteiger partial charge in [0.25, 0.3) is 0 Å². The van der Waals surface area contributed by atoms with Gasteiger partial charge in [0.2, 0.25) is 0 Å². The second-order valence-electron chi connectivity index (χ2n) is 3.85. The Balaban J connectivity index is 3.52. The van der Waals surface area contributed by atoms with Crippen molar-refractivity contribution in [3.63, 3.8) is 0 Å². The quantitative estimate of drug-likeness (QED) is 0.320. The van der Waals surface area contributed by atoms with Crippen molar-refractivity contribution in [3.8, 4) is 0 Å². The Labute approximate surface area is 107 Å². The van der Waals surface area contributed by atoms with E-state index >= 15 is 0 Å². The summed E-state index contributed by atoms with van der Waals surface area (Å²) in [6.45, 7) is 1.24.